The minimum Gasteiger partial charge on any atom is -0.342 e. The maximum Gasteiger partial charge on any atom is 0.227 e. The average Bonchev–Trinajstić information content (AvgIpc) is 2.79. The largest absolute Gasteiger partial charge is 0.342 e. The standard InChI is InChI=1S/C16H20F2N2O.ClH/c1-20(14-8-12-4-5-13(9-14)19-12)16(21)6-10-2-3-11(17)7-15(10)18;/h2-3,7,12-14,19H,4-6,8-9H2,1H3;1H. The number of hydrogen-bond donors (Lipinski definition) is 1. The van der Waals surface area contributed by atoms with E-state index in [4.69, 9.17) is 0 Å². The molecule has 2 saturated heterocycles. The third kappa shape index (κ3) is 3.58. The summed E-state index contributed by atoms with van der Waals surface area (Å²) in [6.07, 6.45) is 4.27. The Morgan fingerprint density at radius 2 is 1.91 bits per heavy atom. The van der Waals surface area contributed by atoms with Crippen molar-refractivity contribution in [3.05, 3.63) is 35.4 Å². The highest BCUT2D eigenvalue weighted by atomic mass is 35.5. The molecule has 2 atom stereocenters. The van der Waals surface area contributed by atoms with Gasteiger partial charge in [-0.1, -0.05) is 6.07 Å². The molecular formula is C16H21ClF2N2O. The van der Waals surface area contributed by atoms with Crippen molar-refractivity contribution in [2.75, 3.05) is 7.05 Å². The van der Waals surface area contributed by atoms with Crippen LogP contribution in [0.15, 0.2) is 18.2 Å². The lowest BCUT2D eigenvalue weighted by molar-refractivity contribution is -0.132. The molecule has 1 aromatic rings. The number of rotatable bonds is 3. The first kappa shape index (κ1) is 17.2. The summed E-state index contributed by atoms with van der Waals surface area (Å²) in [6.45, 7) is 0. The number of nitrogens with zero attached hydrogens (tertiary/aromatic N) is 1. The van der Waals surface area contributed by atoms with Gasteiger partial charge in [0.2, 0.25) is 5.91 Å². The van der Waals surface area contributed by atoms with Crippen LogP contribution >= 0.6 is 12.4 Å². The van der Waals surface area contributed by atoms with Crippen molar-refractivity contribution in [1.82, 2.24) is 10.2 Å². The van der Waals surface area contributed by atoms with Crippen molar-refractivity contribution in [1.29, 1.82) is 0 Å². The van der Waals surface area contributed by atoms with Crippen LogP contribution in [-0.2, 0) is 11.2 Å². The SMILES string of the molecule is CN(C(=O)Cc1ccc(F)cc1F)C1CC2CCC(C1)N2.Cl. The smallest absolute Gasteiger partial charge is 0.227 e. The first-order valence-electron chi connectivity index (χ1n) is 7.48. The Balaban J connectivity index is 0.00000176. The summed E-state index contributed by atoms with van der Waals surface area (Å²) in [5, 5.41) is 3.54. The number of amides is 1. The van der Waals surface area contributed by atoms with Crippen LogP contribution in [-0.4, -0.2) is 36.0 Å². The van der Waals surface area contributed by atoms with Crippen LogP contribution in [0.25, 0.3) is 0 Å². The van der Waals surface area contributed by atoms with Crippen LogP contribution in [0.5, 0.6) is 0 Å². The summed E-state index contributed by atoms with van der Waals surface area (Å²) in [6, 6.07) is 4.60. The molecule has 1 N–H and O–H groups in total. The third-order valence-electron chi connectivity index (χ3n) is 4.75. The molecule has 2 fully saturated rings. The predicted molar refractivity (Wildman–Crippen MR) is 83.0 cm³/mol. The van der Waals surface area contributed by atoms with Gasteiger partial charge in [-0.25, -0.2) is 8.78 Å². The highest BCUT2D eigenvalue weighted by Gasteiger charge is 2.36. The third-order valence-corrected chi connectivity index (χ3v) is 4.75. The zero-order valence-corrected chi connectivity index (χ0v) is 13.3. The normalized spacial score (nSPS) is 26.4. The molecule has 3 rings (SSSR count). The molecule has 6 heteroatoms. The molecule has 2 aliphatic heterocycles. The van der Waals surface area contributed by atoms with E-state index in [2.05, 4.69) is 5.32 Å². The van der Waals surface area contributed by atoms with Gasteiger partial charge in [0.15, 0.2) is 0 Å². The Kier molecular flexibility index (Phi) is 5.40. The maximum atomic E-state index is 13.6. The Morgan fingerprint density at radius 1 is 1.27 bits per heavy atom. The molecule has 0 saturated carbocycles. The van der Waals surface area contributed by atoms with Crippen LogP contribution in [0.2, 0.25) is 0 Å². The molecule has 0 aromatic heterocycles. The summed E-state index contributed by atoms with van der Waals surface area (Å²) < 4.78 is 26.5. The zero-order valence-electron chi connectivity index (χ0n) is 12.5. The topological polar surface area (TPSA) is 32.3 Å². The minimum absolute atomic E-state index is 0. The molecule has 1 aromatic carbocycles. The van der Waals surface area contributed by atoms with E-state index in [9.17, 15) is 13.6 Å². The molecule has 22 heavy (non-hydrogen) atoms. The Bertz CT molecular complexity index is 543. The fourth-order valence-electron chi connectivity index (χ4n) is 3.50. The van der Waals surface area contributed by atoms with Gasteiger partial charge in [0.1, 0.15) is 11.6 Å². The van der Waals surface area contributed by atoms with Crippen LogP contribution in [0, 0.1) is 11.6 Å². The summed E-state index contributed by atoms with van der Waals surface area (Å²) in [5.74, 6) is -1.37. The lowest BCUT2D eigenvalue weighted by Gasteiger charge is -2.35. The highest BCUT2D eigenvalue weighted by molar-refractivity contribution is 5.85. The lowest BCUT2D eigenvalue weighted by Crippen LogP contribution is -2.49. The molecule has 0 aliphatic carbocycles. The van der Waals surface area contributed by atoms with Gasteiger partial charge in [-0.05, 0) is 37.3 Å². The van der Waals surface area contributed by atoms with Gasteiger partial charge < -0.3 is 10.2 Å². The van der Waals surface area contributed by atoms with Crippen LogP contribution < -0.4 is 5.32 Å². The molecule has 2 unspecified atom stereocenters. The first-order chi connectivity index (χ1) is 10.0. The van der Waals surface area contributed by atoms with Crippen LogP contribution in [0.4, 0.5) is 8.78 Å². The van der Waals surface area contributed by atoms with E-state index in [1.54, 1.807) is 11.9 Å². The summed E-state index contributed by atoms with van der Waals surface area (Å²) in [5.41, 5.74) is 0.255. The Morgan fingerprint density at radius 3 is 2.50 bits per heavy atom. The van der Waals surface area contributed by atoms with Crippen molar-refractivity contribution in [2.45, 2.75) is 50.2 Å². The molecule has 1 amide bonds. The van der Waals surface area contributed by atoms with E-state index >= 15 is 0 Å². The van der Waals surface area contributed by atoms with Crippen molar-refractivity contribution in [2.24, 2.45) is 0 Å². The molecule has 0 spiro atoms. The minimum atomic E-state index is -0.651. The first-order valence-corrected chi connectivity index (χ1v) is 7.48. The van der Waals surface area contributed by atoms with E-state index < -0.39 is 11.6 Å². The fraction of sp³-hybridized carbons (Fsp3) is 0.562. The lowest BCUT2D eigenvalue weighted by atomic mass is 9.98. The van der Waals surface area contributed by atoms with Crippen molar-refractivity contribution < 1.29 is 13.6 Å². The van der Waals surface area contributed by atoms with Gasteiger partial charge in [-0.2, -0.15) is 0 Å². The summed E-state index contributed by atoms with van der Waals surface area (Å²) in [4.78, 5) is 14.1. The second-order valence-electron chi connectivity index (χ2n) is 6.18. The van der Waals surface area contributed by atoms with E-state index in [-0.39, 0.29) is 36.3 Å². The number of hydrogen-bond acceptors (Lipinski definition) is 2. The average molecular weight is 331 g/mol. The monoisotopic (exact) mass is 330 g/mol. The second-order valence-corrected chi connectivity index (χ2v) is 6.18. The number of likely N-dealkylation sites (N-methyl/N-ethyl adjacent to an activating group) is 1. The number of carbonyl (C=O) groups is 1. The summed E-state index contributed by atoms with van der Waals surface area (Å²) in [7, 11) is 1.79. The van der Waals surface area contributed by atoms with Gasteiger partial charge in [0.05, 0.1) is 6.42 Å². The van der Waals surface area contributed by atoms with Crippen molar-refractivity contribution >= 4 is 18.3 Å². The molecule has 122 valence electrons. The molecular weight excluding hydrogens is 310 g/mol. The van der Waals surface area contributed by atoms with Gasteiger partial charge in [-0.15, -0.1) is 12.4 Å². The van der Waals surface area contributed by atoms with E-state index in [0.717, 1.165) is 18.9 Å². The predicted octanol–water partition coefficient (Wildman–Crippen LogP) is 2.67. The van der Waals surface area contributed by atoms with Crippen molar-refractivity contribution in [3.63, 3.8) is 0 Å². The second kappa shape index (κ2) is 6.92. The Labute approximate surface area is 135 Å². The van der Waals surface area contributed by atoms with E-state index in [1.807, 2.05) is 0 Å². The number of benzene rings is 1. The fourth-order valence-corrected chi connectivity index (χ4v) is 3.50. The van der Waals surface area contributed by atoms with Gasteiger partial charge in [0.25, 0.3) is 0 Å². The molecule has 2 aliphatic rings. The zero-order chi connectivity index (χ0) is 15.0. The maximum absolute atomic E-state index is 13.6. The van der Waals surface area contributed by atoms with Gasteiger partial charge in [0, 0.05) is 31.2 Å². The van der Waals surface area contributed by atoms with Crippen molar-refractivity contribution in [3.8, 4) is 0 Å². The van der Waals surface area contributed by atoms with E-state index in [1.165, 1.54) is 25.0 Å². The number of halogens is 3. The Hall–Kier alpha value is -1.20. The summed E-state index contributed by atoms with van der Waals surface area (Å²) >= 11 is 0. The highest BCUT2D eigenvalue weighted by Crippen LogP contribution is 2.29. The molecule has 2 heterocycles. The molecule has 3 nitrogen and oxygen atoms in total. The van der Waals surface area contributed by atoms with Crippen LogP contribution in [0.1, 0.15) is 31.2 Å². The number of nitrogens with one attached hydrogen (secondary N) is 1. The van der Waals surface area contributed by atoms with Gasteiger partial charge >= 0.3 is 0 Å². The van der Waals surface area contributed by atoms with E-state index in [0.29, 0.717) is 12.1 Å². The molecule has 2 bridgehead atoms. The number of carbonyl (C=O) groups excluding carboxylic acids is 1. The number of fused-ring (bicyclic) bond motifs is 2. The van der Waals surface area contributed by atoms with Gasteiger partial charge in [-0.3, -0.25) is 4.79 Å². The quantitative estimate of drug-likeness (QED) is 0.924. The van der Waals surface area contributed by atoms with Crippen LogP contribution in [0.3, 0.4) is 0 Å². The number of piperidine rings is 1. The molecule has 0 radical (unpaired) electrons.